The fourth-order valence-electron chi connectivity index (χ4n) is 16.3. The molecule has 0 radical (unpaired) electrons. The van der Waals surface area contributed by atoms with E-state index in [1.807, 2.05) is 58.0 Å². The van der Waals surface area contributed by atoms with Crippen LogP contribution >= 0.6 is 0 Å². The fraction of sp³-hybridized carbons (Fsp3) is 0.479. The minimum atomic E-state index is -0.534. The summed E-state index contributed by atoms with van der Waals surface area (Å²) in [5.74, 6) is 6.20. The third kappa shape index (κ3) is 10.6. The second kappa shape index (κ2) is 26.8. The Balaban J connectivity index is 0.000000182. The van der Waals surface area contributed by atoms with Gasteiger partial charge in [-0.25, -0.2) is 0 Å². The highest BCUT2D eigenvalue weighted by Gasteiger charge is 2.59. The molecule has 8 aliphatic heterocycles. The molecular formula is C71H82N6O15. The topological polar surface area (TPSA) is 218 Å². The molecular weight excluding hydrogens is 1180 g/mol. The predicted molar refractivity (Wildman–Crippen MR) is 338 cm³/mol. The number of fused-ring (bicyclic) bond motifs is 18. The van der Waals surface area contributed by atoms with Crippen LogP contribution in [-0.4, -0.2) is 163 Å². The molecule has 21 heteroatoms. The number of methoxy groups -OCH3 is 4. The van der Waals surface area contributed by atoms with E-state index in [9.17, 15) is 20.4 Å². The number of hydrogen-bond acceptors (Lipinski definition) is 21. The molecule has 2 unspecified atom stereocenters. The van der Waals surface area contributed by atoms with Crippen LogP contribution in [0, 0.1) is 50.4 Å². The number of piperazine rings is 2. The van der Waals surface area contributed by atoms with Gasteiger partial charge in [0.05, 0.1) is 57.1 Å². The molecule has 13 rings (SSSR count). The number of nitriles is 2. The van der Waals surface area contributed by atoms with Crippen LogP contribution < -0.4 is 47.4 Å². The third-order valence-corrected chi connectivity index (χ3v) is 19.9. The Hall–Kier alpha value is -8.25. The molecule has 2 fully saturated rings. The van der Waals surface area contributed by atoms with Crippen LogP contribution in [-0.2, 0) is 51.1 Å². The van der Waals surface area contributed by atoms with Gasteiger partial charge in [0.15, 0.2) is 59.6 Å². The second-order valence-electron chi connectivity index (χ2n) is 24.6. The van der Waals surface area contributed by atoms with Crippen molar-refractivity contribution in [3.05, 3.63) is 140 Å². The Labute approximate surface area is 537 Å². The summed E-state index contributed by atoms with van der Waals surface area (Å²) >= 11 is 0. The van der Waals surface area contributed by atoms with Gasteiger partial charge in [-0.15, -0.1) is 0 Å². The number of likely N-dealkylation sites (N-methyl/N-ethyl adjacent to an activating group) is 2. The van der Waals surface area contributed by atoms with E-state index in [0.717, 1.165) is 72.3 Å². The number of aliphatic hydroxyl groups is 1. The van der Waals surface area contributed by atoms with Gasteiger partial charge in [0, 0.05) is 89.3 Å². The molecule has 8 heterocycles. The average Bonchev–Trinajstić information content (AvgIpc) is 1.37. The molecule has 5 aromatic carbocycles. The maximum absolute atomic E-state index is 13.4. The zero-order valence-corrected chi connectivity index (χ0v) is 54.1. The minimum absolute atomic E-state index is 0.0231. The van der Waals surface area contributed by atoms with Gasteiger partial charge < -0.3 is 66.7 Å². The van der Waals surface area contributed by atoms with Crippen molar-refractivity contribution in [2.45, 2.75) is 127 Å². The lowest BCUT2D eigenvalue weighted by Gasteiger charge is -2.60. The van der Waals surface area contributed by atoms with Crippen molar-refractivity contribution in [1.29, 1.82) is 10.5 Å². The van der Waals surface area contributed by atoms with Gasteiger partial charge in [-0.2, -0.15) is 10.5 Å². The maximum Gasteiger partial charge on any atom is 0.306 e. The Morgan fingerprint density at radius 3 is 1.50 bits per heavy atom. The van der Waals surface area contributed by atoms with E-state index in [0.29, 0.717) is 103 Å². The van der Waals surface area contributed by atoms with E-state index < -0.39 is 24.2 Å². The molecule has 1 N–H and O–H groups in total. The van der Waals surface area contributed by atoms with Crippen LogP contribution in [0.2, 0.25) is 0 Å². The molecule has 8 aliphatic rings. The second-order valence-corrected chi connectivity index (χ2v) is 24.6. The summed E-state index contributed by atoms with van der Waals surface area (Å²) in [7, 11) is 10.7. The van der Waals surface area contributed by atoms with Crippen molar-refractivity contribution in [2.75, 3.05) is 96.1 Å². The van der Waals surface area contributed by atoms with Crippen molar-refractivity contribution < 1.29 is 71.5 Å². The summed E-state index contributed by atoms with van der Waals surface area (Å²) in [4.78, 5) is 22.5. The lowest BCUT2D eigenvalue weighted by molar-refractivity contribution is -0.149. The first-order valence-electron chi connectivity index (χ1n) is 31.3. The van der Waals surface area contributed by atoms with Crippen molar-refractivity contribution in [3.8, 4) is 69.6 Å². The first-order valence-corrected chi connectivity index (χ1v) is 31.3. The number of rotatable bonds is 20. The highest BCUT2D eigenvalue weighted by atomic mass is 16.7. The van der Waals surface area contributed by atoms with Crippen molar-refractivity contribution in [3.63, 3.8) is 0 Å². The summed E-state index contributed by atoms with van der Waals surface area (Å²) in [6, 6.07) is 16.4. The van der Waals surface area contributed by atoms with Crippen LogP contribution in [0.5, 0.6) is 57.5 Å². The molecule has 10 atom stereocenters. The standard InChI is InChI=1S/C40H45N3O8.C31H37N3O7/c1-7-15-47-37-24(3)38-40(51-22-50-38)34-27(37)18-29-35-33-26(16-23(2)36(46-6)39(33)49-21-45-5)17-28(42(35)4)30(19-41)43(29)31(34)20-48-32(44)14-13-25-11-9-8-10-12-25;1-7-8-38-28-17(3)29-31(41-15-40-29)25-19(28)11-21-26-24-18(9-16(2)27(37-6)30(24)39-14-36-5)10-20(33(26)4)22(12-32)34(21)23(25)13-35/h7-12,16,28-31,35H,1,13-15,17-18,20-22H2,2-6H3;7,9,20-23,26,35H,1,8,10-11,13-15H2,2-6H3/t28-,29?,30-,31-,35-;20-,21?,22-,23-,26-/m00/s1. The molecule has 0 amide bonds. The molecule has 0 aromatic heterocycles. The number of ether oxygens (including phenoxy) is 13. The summed E-state index contributed by atoms with van der Waals surface area (Å²) in [6.45, 7) is 16.4. The van der Waals surface area contributed by atoms with Crippen molar-refractivity contribution >= 4 is 5.97 Å². The van der Waals surface area contributed by atoms with E-state index in [4.69, 9.17) is 61.6 Å². The van der Waals surface area contributed by atoms with Gasteiger partial charge in [0.1, 0.15) is 43.4 Å². The Morgan fingerprint density at radius 2 is 1.07 bits per heavy atom. The normalized spacial score (nSPS) is 24.3. The van der Waals surface area contributed by atoms with Crippen molar-refractivity contribution in [1.82, 2.24) is 19.6 Å². The van der Waals surface area contributed by atoms with Crippen LogP contribution in [0.4, 0.5) is 0 Å². The smallest absolute Gasteiger partial charge is 0.306 e. The van der Waals surface area contributed by atoms with E-state index in [1.54, 1.807) is 40.6 Å². The zero-order chi connectivity index (χ0) is 64.8. The molecule has 2 saturated heterocycles. The summed E-state index contributed by atoms with van der Waals surface area (Å²) < 4.78 is 78.0. The van der Waals surface area contributed by atoms with Crippen LogP contribution in [0.15, 0.2) is 67.8 Å². The quantitative estimate of drug-likeness (QED) is 0.0437. The molecule has 4 bridgehead atoms. The number of esters is 1. The SMILES string of the molecule is C=CCOc1c(C)c2c(c3c1CC1[C@H]4c5c(cc(C)c(OC)c5OCOC)C[C@@H]([C@H](C#N)N1[C@H]3CO)N4C)OCO2.C=CCOc1c(C)c2c(c3c1CC1[C@H]4c5c(cc(C)c(OC)c5OCOC)C[C@@H]([C@H](C#N)N1[C@H]3COC(=O)CCc1ccccc1)N4C)OCO2. The van der Waals surface area contributed by atoms with Gasteiger partial charge in [-0.1, -0.05) is 67.8 Å². The van der Waals surface area contributed by atoms with Crippen LogP contribution in [0.3, 0.4) is 0 Å². The Bertz CT molecular complexity index is 3750. The zero-order valence-electron chi connectivity index (χ0n) is 54.1. The van der Waals surface area contributed by atoms with Gasteiger partial charge in [-0.3, -0.25) is 24.4 Å². The van der Waals surface area contributed by atoms with Gasteiger partial charge in [0.25, 0.3) is 0 Å². The van der Waals surface area contributed by atoms with E-state index in [1.165, 1.54) is 0 Å². The third-order valence-electron chi connectivity index (χ3n) is 19.9. The number of hydrogen-bond donors (Lipinski definition) is 1. The lowest BCUT2D eigenvalue weighted by atomic mass is 9.71. The van der Waals surface area contributed by atoms with Gasteiger partial charge >= 0.3 is 5.97 Å². The Morgan fingerprint density at radius 1 is 0.609 bits per heavy atom. The number of benzene rings is 5. The number of aryl methyl sites for hydroxylation is 3. The highest BCUT2D eigenvalue weighted by molar-refractivity contribution is 5.71. The van der Waals surface area contributed by atoms with E-state index in [2.05, 4.69) is 71.1 Å². The number of carbonyl (C=O) groups excluding carboxylic acids is 1. The summed E-state index contributed by atoms with van der Waals surface area (Å²) in [5.41, 5.74) is 12.5. The number of aliphatic hydroxyl groups excluding tert-OH is 1. The van der Waals surface area contributed by atoms with Gasteiger partial charge in [0.2, 0.25) is 13.6 Å². The number of nitrogens with zero attached hydrogens (tertiary/aromatic N) is 6. The maximum atomic E-state index is 13.4. The molecule has 486 valence electrons. The minimum Gasteiger partial charge on any atom is -0.493 e. The largest absolute Gasteiger partial charge is 0.493 e. The fourth-order valence-corrected chi connectivity index (χ4v) is 16.3. The molecule has 92 heavy (non-hydrogen) atoms. The van der Waals surface area contributed by atoms with E-state index in [-0.39, 0.29) is 89.0 Å². The van der Waals surface area contributed by atoms with E-state index >= 15 is 0 Å². The number of carbonyl (C=O) groups is 1. The first kappa shape index (κ1) is 63.9. The molecule has 5 aromatic rings. The summed E-state index contributed by atoms with van der Waals surface area (Å²) in [6.07, 6.45) is 6.59. The predicted octanol–water partition coefficient (Wildman–Crippen LogP) is 8.89. The average molecular weight is 1260 g/mol. The van der Waals surface area contributed by atoms with Gasteiger partial charge in [-0.05, 0) is 102 Å². The Kier molecular flexibility index (Phi) is 18.6. The lowest BCUT2D eigenvalue weighted by Crippen LogP contribution is -2.68. The van der Waals surface area contributed by atoms with Crippen LogP contribution in [0.1, 0.15) is 103 Å². The molecule has 0 aliphatic carbocycles. The highest BCUT2D eigenvalue weighted by Crippen LogP contribution is 2.61. The molecule has 0 spiro atoms. The monoisotopic (exact) mass is 1260 g/mol. The first-order chi connectivity index (χ1) is 44.7. The molecule has 0 saturated carbocycles. The summed E-state index contributed by atoms with van der Waals surface area (Å²) in [5, 5.41) is 32.6. The molecule has 21 nitrogen and oxygen atoms in total. The van der Waals surface area contributed by atoms with Crippen molar-refractivity contribution in [2.24, 2.45) is 0 Å². The van der Waals surface area contributed by atoms with Crippen LogP contribution in [0.25, 0.3) is 0 Å².